The zero-order valence-electron chi connectivity index (χ0n) is 21.5. The summed E-state index contributed by atoms with van der Waals surface area (Å²) >= 11 is 12.4. The van der Waals surface area contributed by atoms with E-state index in [0.717, 1.165) is 56.3 Å². The summed E-state index contributed by atoms with van der Waals surface area (Å²) in [6.07, 6.45) is 4.61. The van der Waals surface area contributed by atoms with Crippen molar-refractivity contribution in [2.75, 3.05) is 56.4 Å². The third kappa shape index (κ3) is 6.85. The highest BCUT2D eigenvalue weighted by Gasteiger charge is 2.34. The first-order chi connectivity index (χ1) is 17.6. The topological polar surface area (TPSA) is 72.0 Å². The van der Waals surface area contributed by atoms with Gasteiger partial charge in [-0.15, -0.1) is 0 Å². The van der Waals surface area contributed by atoms with Gasteiger partial charge in [0.2, 0.25) is 0 Å². The molecule has 0 amide bonds. The van der Waals surface area contributed by atoms with E-state index in [-0.39, 0.29) is 5.82 Å². The van der Waals surface area contributed by atoms with Gasteiger partial charge in [-0.25, -0.2) is 9.37 Å². The number of hydrogen-bond donors (Lipinski definition) is 1. The maximum absolute atomic E-state index is 14.2. The van der Waals surface area contributed by atoms with E-state index in [0.29, 0.717) is 45.7 Å². The lowest BCUT2D eigenvalue weighted by Gasteiger charge is -2.47. The summed E-state index contributed by atoms with van der Waals surface area (Å²) in [5.41, 5.74) is 1.02. The van der Waals surface area contributed by atoms with Gasteiger partial charge in [0, 0.05) is 62.9 Å². The number of piperazine rings is 1. The van der Waals surface area contributed by atoms with E-state index in [1.807, 2.05) is 0 Å². The SMILES string of the molecule is CC[C@H]1CN(c2ncc(NS(=O)(=O)N(C)C)cc2Cl)CCN1C1CCN(Cc2ccc(Cl)cc2F)CC1. The zero-order chi connectivity index (χ0) is 26.7. The molecule has 2 fully saturated rings. The summed E-state index contributed by atoms with van der Waals surface area (Å²) in [5, 5.41) is 0.844. The van der Waals surface area contributed by atoms with Crippen LogP contribution in [-0.2, 0) is 16.8 Å². The molecular formula is C25H35Cl2FN6O2S. The fourth-order valence-corrected chi connectivity index (χ4v) is 6.20. The van der Waals surface area contributed by atoms with E-state index in [9.17, 15) is 12.8 Å². The molecule has 0 bridgehead atoms. The molecule has 4 rings (SSSR count). The Hall–Kier alpha value is -1.69. The molecule has 1 aromatic carbocycles. The summed E-state index contributed by atoms with van der Waals surface area (Å²) in [5.74, 6) is 0.430. The molecule has 204 valence electrons. The Kier molecular flexibility index (Phi) is 9.19. The Morgan fingerprint density at radius 2 is 1.86 bits per heavy atom. The van der Waals surface area contributed by atoms with Crippen LogP contribution in [0.15, 0.2) is 30.5 Å². The minimum atomic E-state index is -3.63. The molecule has 2 aliphatic rings. The standard InChI is InChI=1S/C25H35Cl2FN6O2S/c1-4-21-17-33(25-23(27)14-20(15-29-25)30-37(35,36)31(2)3)11-12-34(21)22-7-9-32(10-8-22)16-18-5-6-19(26)13-24(18)28/h5-6,13-15,21-22,30H,4,7-12,16-17H2,1-3H3/t21-/m0/s1. The second kappa shape index (κ2) is 12.0. The van der Waals surface area contributed by atoms with Crippen LogP contribution in [0.25, 0.3) is 0 Å². The number of anilines is 2. The van der Waals surface area contributed by atoms with Gasteiger partial charge in [0.1, 0.15) is 11.6 Å². The maximum Gasteiger partial charge on any atom is 0.301 e. The van der Waals surface area contributed by atoms with Crippen LogP contribution in [0.3, 0.4) is 0 Å². The first kappa shape index (κ1) is 28.3. The van der Waals surface area contributed by atoms with Crippen molar-refractivity contribution < 1.29 is 12.8 Å². The Morgan fingerprint density at radius 1 is 1.14 bits per heavy atom. The highest BCUT2D eigenvalue weighted by Crippen LogP contribution is 2.31. The number of nitrogens with one attached hydrogen (secondary N) is 1. The normalized spacial score (nSPS) is 20.5. The smallest absolute Gasteiger partial charge is 0.301 e. The van der Waals surface area contributed by atoms with Crippen molar-refractivity contribution in [3.63, 3.8) is 0 Å². The predicted octanol–water partition coefficient (Wildman–Crippen LogP) is 4.31. The third-order valence-corrected chi connectivity index (χ3v) is 9.25. The lowest BCUT2D eigenvalue weighted by Crippen LogP contribution is -2.58. The van der Waals surface area contributed by atoms with Crippen LogP contribution in [0.1, 0.15) is 31.7 Å². The van der Waals surface area contributed by atoms with Crippen molar-refractivity contribution >= 4 is 44.9 Å². The van der Waals surface area contributed by atoms with Crippen molar-refractivity contribution in [3.05, 3.63) is 51.9 Å². The number of nitrogens with zero attached hydrogens (tertiary/aromatic N) is 5. The average Bonchev–Trinajstić information content (AvgIpc) is 2.85. The maximum atomic E-state index is 14.2. The molecule has 2 aromatic rings. The van der Waals surface area contributed by atoms with Gasteiger partial charge in [0.15, 0.2) is 0 Å². The highest BCUT2D eigenvalue weighted by molar-refractivity contribution is 7.90. The zero-order valence-corrected chi connectivity index (χ0v) is 23.8. The second-order valence-electron chi connectivity index (χ2n) is 9.91. The summed E-state index contributed by atoms with van der Waals surface area (Å²) < 4.78 is 42.0. The molecule has 0 spiro atoms. The van der Waals surface area contributed by atoms with Gasteiger partial charge in [0.05, 0.1) is 16.9 Å². The van der Waals surface area contributed by atoms with Gasteiger partial charge in [-0.1, -0.05) is 36.2 Å². The summed E-state index contributed by atoms with van der Waals surface area (Å²) in [6.45, 7) is 7.17. The summed E-state index contributed by atoms with van der Waals surface area (Å²) in [6, 6.07) is 7.37. The second-order valence-corrected chi connectivity index (χ2v) is 12.6. The van der Waals surface area contributed by atoms with Crippen LogP contribution in [0.4, 0.5) is 15.9 Å². The fourth-order valence-electron chi connectivity index (χ4n) is 5.17. The van der Waals surface area contributed by atoms with Crippen molar-refractivity contribution in [3.8, 4) is 0 Å². The van der Waals surface area contributed by atoms with Crippen LogP contribution in [-0.4, -0.2) is 86.4 Å². The van der Waals surface area contributed by atoms with Crippen LogP contribution >= 0.6 is 23.2 Å². The number of pyridine rings is 1. The fraction of sp³-hybridized carbons (Fsp3) is 0.560. The molecule has 0 radical (unpaired) electrons. The molecule has 0 saturated carbocycles. The molecule has 1 N–H and O–H groups in total. The average molecular weight is 574 g/mol. The number of halogens is 3. The predicted molar refractivity (Wildman–Crippen MR) is 148 cm³/mol. The van der Waals surface area contributed by atoms with E-state index in [2.05, 4.69) is 31.3 Å². The Bertz CT molecular complexity index is 1190. The number of piperidine rings is 1. The quantitative estimate of drug-likeness (QED) is 0.508. The lowest BCUT2D eigenvalue weighted by molar-refractivity contribution is 0.0607. The minimum absolute atomic E-state index is 0.243. The molecule has 2 aliphatic heterocycles. The Morgan fingerprint density at radius 3 is 2.49 bits per heavy atom. The first-order valence-corrected chi connectivity index (χ1v) is 14.8. The van der Waals surface area contributed by atoms with Gasteiger partial charge in [0.25, 0.3) is 0 Å². The van der Waals surface area contributed by atoms with E-state index in [4.69, 9.17) is 23.2 Å². The Labute approximate surface area is 229 Å². The Balaban J connectivity index is 1.34. The largest absolute Gasteiger partial charge is 0.353 e. The van der Waals surface area contributed by atoms with E-state index in [1.165, 1.54) is 26.4 Å². The summed E-state index contributed by atoms with van der Waals surface area (Å²) in [7, 11) is -0.711. The number of aromatic nitrogens is 1. The van der Waals surface area contributed by atoms with E-state index < -0.39 is 10.2 Å². The lowest BCUT2D eigenvalue weighted by atomic mass is 9.97. The number of benzene rings is 1. The number of likely N-dealkylation sites (tertiary alicyclic amines) is 1. The van der Waals surface area contributed by atoms with Crippen LogP contribution in [0.5, 0.6) is 0 Å². The molecule has 3 heterocycles. The van der Waals surface area contributed by atoms with Gasteiger partial charge in [-0.05, 0) is 50.6 Å². The van der Waals surface area contributed by atoms with Gasteiger partial charge in [-0.3, -0.25) is 14.5 Å². The van der Waals surface area contributed by atoms with Crippen LogP contribution in [0.2, 0.25) is 10.0 Å². The summed E-state index contributed by atoms with van der Waals surface area (Å²) in [4.78, 5) is 11.6. The molecule has 37 heavy (non-hydrogen) atoms. The van der Waals surface area contributed by atoms with Crippen molar-refractivity contribution in [2.24, 2.45) is 0 Å². The van der Waals surface area contributed by atoms with Gasteiger partial charge in [-0.2, -0.15) is 12.7 Å². The monoisotopic (exact) mass is 572 g/mol. The molecule has 1 atom stereocenters. The van der Waals surface area contributed by atoms with Crippen molar-refractivity contribution in [1.29, 1.82) is 0 Å². The van der Waals surface area contributed by atoms with Crippen molar-refractivity contribution in [2.45, 2.75) is 44.8 Å². The van der Waals surface area contributed by atoms with E-state index >= 15 is 0 Å². The number of hydrogen-bond acceptors (Lipinski definition) is 6. The molecule has 2 saturated heterocycles. The molecule has 0 unspecified atom stereocenters. The molecule has 0 aliphatic carbocycles. The number of rotatable bonds is 8. The molecular weight excluding hydrogens is 538 g/mol. The van der Waals surface area contributed by atoms with Crippen LogP contribution < -0.4 is 9.62 Å². The molecule has 1 aromatic heterocycles. The first-order valence-electron chi connectivity index (χ1n) is 12.6. The van der Waals surface area contributed by atoms with Gasteiger partial charge >= 0.3 is 10.2 Å². The molecule has 8 nitrogen and oxygen atoms in total. The van der Waals surface area contributed by atoms with Gasteiger partial charge < -0.3 is 4.90 Å². The van der Waals surface area contributed by atoms with Crippen LogP contribution in [0, 0.1) is 5.82 Å². The van der Waals surface area contributed by atoms with E-state index in [1.54, 1.807) is 18.2 Å². The minimum Gasteiger partial charge on any atom is -0.353 e. The third-order valence-electron chi connectivity index (χ3n) is 7.28. The van der Waals surface area contributed by atoms with Crippen molar-refractivity contribution in [1.82, 2.24) is 19.1 Å². The molecule has 12 heteroatoms. The highest BCUT2D eigenvalue weighted by atomic mass is 35.5.